The van der Waals surface area contributed by atoms with Crippen molar-refractivity contribution in [2.45, 2.75) is 10.6 Å². The van der Waals surface area contributed by atoms with E-state index in [2.05, 4.69) is 39.5 Å². The van der Waals surface area contributed by atoms with Gasteiger partial charge in [-0.2, -0.15) is 0 Å². The Hall–Kier alpha value is 1.22. The molecule has 3 heteroatoms. The second-order valence-electron chi connectivity index (χ2n) is 1.75. The van der Waals surface area contributed by atoms with Crippen LogP contribution in [0.15, 0.2) is 0 Å². The number of rotatable bonds is 4. The van der Waals surface area contributed by atoms with Crippen molar-refractivity contribution in [1.29, 1.82) is 0 Å². The molecule has 8 heavy (non-hydrogen) atoms. The Morgan fingerprint density at radius 2 is 2.50 bits per heavy atom. The average molecular weight is 213 g/mol. The topological polar surface area (TPSA) is 0 Å². The molecule has 1 heterocycles. The van der Waals surface area contributed by atoms with Crippen LogP contribution >= 0.6 is 23.5 Å². The standard InChI is InChI=1S/C5H10S2Se/c8-2-1-6-3-5-4-7-5/h5,8H,1-4H2. The molecule has 1 rings (SSSR count). The maximum atomic E-state index is 2.63. The molecule has 1 atom stereocenters. The number of hydrogen-bond acceptors (Lipinski definition) is 2. The summed E-state index contributed by atoms with van der Waals surface area (Å²) < 4.78 is 0. The Bertz CT molecular complexity index is 63.4. The third-order valence-corrected chi connectivity index (χ3v) is 4.38. The van der Waals surface area contributed by atoms with E-state index in [-0.39, 0.29) is 0 Å². The van der Waals surface area contributed by atoms with Crippen molar-refractivity contribution in [1.82, 2.24) is 0 Å². The normalized spacial score (nSPS) is 25.9. The van der Waals surface area contributed by atoms with Crippen molar-refractivity contribution in [3.8, 4) is 0 Å². The third-order valence-electron chi connectivity index (χ3n) is 0.942. The van der Waals surface area contributed by atoms with E-state index in [9.17, 15) is 0 Å². The zero-order chi connectivity index (χ0) is 5.82. The molecule has 0 aromatic heterocycles. The minimum absolute atomic E-state index is 1.03. The Morgan fingerprint density at radius 1 is 1.75 bits per heavy atom. The number of hydrogen-bond donors (Lipinski definition) is 0. The van der Waals surface area contributed by atoms with Crippen LogP contribution in [0.4, 0.5) is 0 Å². The van der Waals surface area contributed by atoms with Crippen LogP contribution < -0.4 is 0 Å². The Kier molecular flexibility index (Phi) is 3.76. The zero-order valence-corrected chi connectivity index (χ0v) is 8.18. The first-order valence-corrected chi connectivity index (χ1v) is 6.26. The third kappa shape index (κ3) is 3.29. The molecule has 1 saturated heterocycles. The van der Waals surface area contributed by atoms with E-state index in [0.717, 1.165) is 5.25 Å². The molecule has 0 bridgehead atoms. The van der Waals surface area contributed by atoms with Gasteiger partial charge in [-0.25, -0.2) is 0 Å². The molecule has 0 aromatic carbocycles. The van der Waals surface area contributed by atoms with Crippen molar-refractivity contribution < 1.29 is 0 Å². The fourth-order valence-corrected chi connectivity index (χ4v) is 3.01. The molecule has 1 aliphatic rings. The van der Waals surface area contributed by atoms with E-state index in [1.807, 2.05) is 0 Å². The zero-order valence-electron chi connectivity index (χ0n) is 4.67. The van der Waals surface area contributed by atoms with Gasteiger partial charge >= 0.3 is 67.4 Å². The molecule has 0 aliphatic carbocycles. The summed E-state index contributed by atoms with van der Waals surface area (Å²) in [5.41, 5.74) is 0. The summed E-state index contributed by atoms with van der Waals surface area (Å²) in [5.74, 6) is 4.14. The van der Waals surface area contributed by atoms with Crippen molar-refractivity contribution in [3.63, 3.8) is 0 Å². The summed E-state index contributed by atoms with van der Waals surface area (Å²) in [6.45, 7) is 0. The average Bonchev–Trinajstić information content (AvgIpc) is 2.51. The molecule has 1 fully saturated rings. The fourth-order valence-electron chi connectivity index (χ4n) is 0.444. The van der Waals surface area contributed by atoms with Crippen LogP contribution in [0.5, 0.6) is 0 Å². The van der Waals surface area contributed by atoms with Crippen LogP contribution in [0.1, 0.15) is 0 Å². The first kappa shape index (κ1) is 7.33. The summed E-state index contributed by atoms with van der Waals surface area (Å²) in [5, 5.41) is 2.30. The molecule has 0 nitrogen and oxygen atoms in total. The minimum atomic E-state index is 1.03. The molecule has 48 valence electrons. The van der Waals surface area contributed by atoms with Crippen molar-refractivity contribution in [3.05, 3.63) is 0 Å². The van der Waals surface area contributed by atoms with Crippen LogP contribution in [0.25, 0.3) is 0 Å². The first-order chi connectivity index (χ1) is 3.93. The van der Waals surface area contributed by atoms with Gasteiger partial charge in [0.25, 0.3) is 0 Å². The van der Waals surface area contributed by atoms with Gasteiger partial charge < -0.3 is 0 Å². The van der Waals surface area contributed by atoms with E-state index in [1.54, 1.807) is 0 Å². The number of thioether (sulfide) groups is 2. The molecular weight excluding hydrogens is 203 g/mol. The molecule has 0 radical (unpaired) electrons. The van der Waals surface area contributed by atoms with Gasteiger partial charge in [-0.05, 0) is 0 Å². The second-order valence-corrected chi connectivity index (χ2v) is 5.18. The van der Waals surface area contributed by atoms with Crippen LogP contribution in [-0.2, 0) is 0 Å². The predicted octanol–water partition coefficient (Wildman–Crippen LogP) is 1.15. The fraction of sp³-hybridized carbons (Fsp3) is 1.00. The van der Waals surface area contributed by atoms with Gasteiger partial charge in [0.1, 0.15) is 0 Å². The Balaban J connectivity index is 1.74. The summed E-state index contributed by atoms with van der Waals surface area (Å²) in [4.78, 5) is 0. The molecule has 0 N–H and O–H groups in total. The monoisotopic (exact) mass is 214 g/mol. The predicted molar refractivity (Wildman–Crippen MR) is 45.5 cm³/mol. The van der Waals surface area contributed by atoms with E-state index in [4.69, 9.17) is 0 Å². The van der Waals surface area contributed by atoms with Crippen LogP contribution in [0, 0.1) is 0 Å². The molecule has 0 spiro atoms. The van der Waals surface area contributed by atoms with Crippen molar-refractivity contribution >= 4 is 39.5 Å². The maximum absolute atomic E-state index is 2.63. The van der Waals surface area contributed by atoms with Gasteiger partial charge in [0, 0.05) is 0 Å². The van der Waals surface area contributed by atoms with Gasteiger partial charge in [0.05, 0.1) is 0 Å². The van der Waals surface area contributed by atoms with Crippen LogP contribution in [0.3, 0.4) is 0 Å². The van der Waals surface area contributed by atoms with Gasteiger partial charge in [-0.15, -0.1) is 0 Å². The summed E-state index contributed by atoms with van der Waals surface area (Å²) in [7, 11) is 0. The van der Waals surface area contributed by atoms with Gasteiger partial charge in [0.15, 0.2) is 0 Å². The quantitative estimate of drug-likeness (QED) is 0.390. The Morgan fingerprint density at radius 3 is 3.00 bits per heavy atom. The first-order valence-electron chi connectivity index (χ1n) is 2.73. The summed E-state index contributed by atoms with van der Waals surface area (Å²) in [6, 6.07) is 0. The molecule has 0 aromatic rings. The Labute approximate surface area is 67.4 Å². The van der Waals surface area contributed by atoms with Gasteiger partial charge in [0.2, 0.25) is 0 Å². The molecule has 1 aliphatic heterocycles. The second kappa shape index (κ2) is 4.10. The van der Waals surface area contributed by atoms with Crippen molar-refractivity contribution in [2.75, 3.05) is 17.3 Å². The molecular formula is C5H10S2Se. The summed E-state index contributed by atoms with van der Waals surface area (Å²) >= 11 is 6.81. The van der Waals surface area contributed by atoms with Crippen molar-refractivity contribution in [2.24, 2.45) is 0 Å². The van der Waals surface area contributed by atoms with Crippen LogP contribution in [0.2, 0.25) is 5.32 Å². The van der Waals surface area contributed by atoms with E-state index in [1.165, 1.54) is 22.6 Å². The molecule has 0 saturated carbocycles. The van der Waals surface area contributed by atoms with E-state index in [0.29, 0.717) is 0 Å². The van der Waals surface area contributed by atoms with Gasteiger partial charge in [-0.3, -0.25) is 0 Å². The molecule has 1 unspecified atom stereocenters. The van der Waals surface area contributed by atoms with E-state index < -0.39 is 0 Å². The molecule has 0 amide bonds. The summed E-state index contributed by atoms with van der Waals surface area (Å²) in [6.07, 6.45) is 0. The van der Waals surface area contributed by atoms with Gasteiger partial charge in [-0.1, -0.05) is 0 Å². The van der Waals surface area contributed by atoms with E-state index >= 15 is 0 Å². The van der Waals surface area contributed by atoms with Crippen LogP contribution in [-0.4, -0.2) is 38.5 Å². The SMILES string of the molecule is [SeH]CCSCC1CS1.